The molecule has 10 heavy (non-hydrogen) atoms. The summed E-state index contributed by atoms with van der Waals surface area (Å²) in [4.78, 5) is 0. The number of aliphatic hydroxyl groups is 1. The van der Waals surface area contributed by atoms with Crippen LogP contribution in [0, 0.1) is 5.92 Å². The minimum absolute atomic E-state index is 0.0938. The highest BCUT2D eigenvalue weighted by atomic mass is 32.2. The predicted octanol–water partition coefficient (Wildman–Crippen LogP) is 2.15. The lowest BCUT2D eigenvalue weighted by atomic mass is 10.3. The van der Waals surface area contributed by atoms with Crippen LogP contribution in [0.4, 0.5) is 0 Å². The summed E-state index contributed by atoms with van der Waals surface area (Å²) in [6, 6.07) is 0. The number of thioether (sulfide) groups is 1. The molecular formula is C8H18OS. The Balaban J connectivity index is 3.03. The van der Waals surface area contributed by atoms with Gasteiger partial charge in [0.2, 0.25) is 0 Å². The summed E-state index contributed by atoms with van der Waals surface area (Å²) in [5, 5.41) is 9.15. The molecule has 0 fully saturated rings. The first-order valence-electron chi connectivity index (χ1n) is 3.92. The fourth-order valence-electron chi connectivity index (χ4n) is 0.558. The minimum atomic E-state index is -0.0938. The van der Waals surface area contributed by atoms with Gasteiger partial charge < -0.3 is 5.11 Å². The van der Waals surface area contributed by atoms with Gasteiger partial charge in [-0.25, -0.2) is 0 Å². The molecular weight excluding hydrogens is 144 g/mol. The Morgan fingerprint density at radius 1 is 1.30 bits per heavy atom. The summed E-state index contributed by atoms with van der Waals surface area (Å²) >= 11 is 1.84. The molecule has 0 bridgehead atoms. The molecule has 2 heteroatoms. The molecule has 1 N–H and O–H groups in total. The molecule has 0 aliphatic rings. The third-order valence-corrected chi connectivity index (χ3v) is 2.76. The third kappa shape index (κ3) is 6.43. The van der Waals surface area contributed by atoms with Crippen LogP contribution in [0.15, 0.2) is 0 Å². The molecule has 0 unspecified atom stereocenters. The molecule has 0 saturated heterocycles. The monoisotopic (exact) mass is 162 g/mol. The van der Waals surface area contributed by atoms with Crippen molar-refractivity contribution in [3.8, 4) is 0 Å². The van der Waals surface area contributed by atoms with Gasteiger partial charge in [-0.3, -0.25) is 0 Å². The van der Waals surface area contributed by atoms with Crippen LogP contribution in [-0.2, 0) is 0 Å². The first-order chi connectivity index (χ1) is 4.66. The second kappa shape index (κ2) is 6.05. The van der Waals surface area contributed by atoms with E-state index in [2.05, 4.69) is 13.8 Å². The van der Waals surface area contributed by atoms with Crippen LogP contribution < -0.4 is 0 Å². The summed E-state index contributed by atoms with van der Waals surface area (Å²) in [5.74, 6) is 2.81. The van der Waals surface area contributed by atoms with Gasteiger partial charge >= 0.3 is 0 Å². The van der Waals surface area contributed by atoms with Crippen molar-refractivity contribution in [2.45, 2.75) is 33.3 Å². The van der Waals surface area contributed by atoms with E-state index in [-0.39, 0.29) is 6.10 Å². The van der Waals surface area contributed by atoms with E-state index in [1.807, 2.05) is 18.7 Å². The van der Waals surface area contributed by atoms with E-state index in [1.54, 1.807) is 0 Å². The number of rotatable bonds is 5. The molecule has 0 aliphatic carbocycles. The van der Waals surface area contributed by atoms with E-state index >= 15 is 0 Å². The Kier molecular flexibility index (Phi) is 6.24. The van der Waals surface area contributed by atoms with E-state index in [1.165, 1.54) is 0 Å². The molecule has 0 heterocycles. The van der Waals surface area contributed by atoms with Crippen LogP contribution in [0.25, 0.3) is 0 Å². The average molecular weight is 162 g/mol. The summed E-state index contributed by atoms with van der Waals surface area (Å²) in [6.45, 7) is 6.41. The molecule has 0 amide bonds. The van der Waals surface area contributed by atoms with Gasteiger partial charge in [-0.2, -0.15) is 11.8 Å². The summed E-state index contributed by atoms with van der Waals surface area (Å²) < 4.78 is 0. The van der Waals surface area contributed by atoms with Crippen molar-refractivity contribution in [2.24, 2.45) is 5.92 Å². The molecule has 1 nitrogen and oxygen atoms in total. The Labute approximate surface area is 68.2 Å². The van der Waals surface area contributed by atoms with Crippen molar-refractivity contribution in [3.63, 3.8) is 0 Å². The van der Waals surface area contributed by atoms with Crippen LogP contribution >= 0.6 is 11.8 Å². The predicted molar refractivity (Wildman–Crippen MR) is 48.5 cm³/mol. The Morgan fingerprint density at radius 3 is 2.30 bits per heavy atom. The molecule has 62 valence electrons. The third-order valence-electron chi connectivity index (χ3n) is 1.23. The van der Waals surface area contributed by atoms with Crippen LogP contribution in [0.3, 0.4) is 0 Å². The van der Waals surface area contributed by atoms with E-state index in [0.717, 1.165) is 23.8 Å². The summed E-state index contributed by atoms with van der Waals surface area (Å²) in [7, 11) is 0. The Morgan fingerprint density at radius 2 is 1.90 bits per heavy atom. The quantitative estimate of drug-likeness (QED) is 0.668. The highest BCUT2D eigenvalue weighted by molar-refractivity contribution is 7.99. The van der Waals surface area contributed by atoms with Gasteiger partial charge in [0.05, 0.1) is 6.10 Å². The highest BCUT2D eigenvalue weighted by Crippen LogP contribution is 2.09. The van der Waals surface area contributed by atoms with Crippen LogP contribution in [0.5, 0.6) is 0 Å². The van der Waals surface area contributed by atoms with Gasteiger partial charge in [-0.1, -0.05) is 20.8 Å². The van der Waals surface area contributed by atoms with Crippen molar-refractivity contribution in [1.82, 2.24) is 0 Å². The van der Waals surface area contributed by atoms with Crippen LogP contribution in [-0.4, -0.2) is 22.7 Å². The standard InChI is InChI=1S/C8H18OS/c1-4-8(9)6-10-5-7(2)3/h7-9H,4-6H2,1-3H3/t8-/m0/s1. The maximum atomic E-state index is 9.15. The largest absolute Gasteiger partial charge is 0.392 e. The zero-order valence-electron chi connectivity index (χ0n) is 7.13. The minimum Gasteiger partial charge on any atom is -0.392 e. The van der Waals surface area contributed by atoms with Gasteiger partial charge in [0.1, 0.15) is 0 Å². The SMILES string of the molecule is CC[C@H](O)CSCC(C)C. The lowest BCUT2D eigenvalue weighted by Gasteiger charge is -2.07. The molecule has 0 aromatic rings. The lowest BCUT2D eigenvalue weighted by molar-refractivity contribution is 0.195. The second-order valence-corrected chi connectivity index (χ2v) is 4.07. The van der Waals surface area contributed by atoms with E-state index in [0.29, 0.717) is 0 Å². The molecule has 1 atom stereocenters. The maximum Gasteiger partial charge on any atom is 0.0628 e. The van der Waals surface area contributed by atoms with Crippen molar-refractivity contribution < 1.29 is 5.11 Å². The van der Waals surface area contributed by atoms with Gasteiger partial charge in [-0.15, -0.1) is 0 Å². The first-order valence-corrected chi connectivity index (χ1v) is 5.08. The Hall–Kier alpha value is 0.310. The topological polar surface area (TPSA) is 20.2 Å². The number of aliphatic hydroxyl groups excluding tert-OH is 1. The zero-order valence-corrected chi connectivity index (χ0v) is 7.95. The molecule has 0 saturated carbocycles. The first kappa shape index (κ1) is 10.3. The van der Waals surface area contributed by atoms with Gasteiger partial charge in [-0.05, 0) is 18.1 Å². The van der Waals surface area contributed by atoms with Gasteiger partial charge in [0.15, 0.2) is 0 Å². The molecule has 0 spiro atoms. The van der Waals surface area contributed by atoms with E-state index in [9.17, 15) is 0 Å². The summed E-state index contributed by atoms with van der Waals surface area (Å²) in [6.07, 6.45) is 0.786. The molecule has 0 rings (SSSR count). The number of hydrogen-bond acceptors (Lipinski definition) is 2. The second-order valence-electron chi connectivity index (χ2n) is 2.99. The van der Waals surface area contributed by atoms with Crippen molar-refractivity contribution >= 4 is 11.8 Å². The summed E-state index contributed by atoms with van der Waals surface area (Å²) in [5.41, 5.74) is 0. The normalized spacial score (nSPS) is 14.1. The molecule has 0 aliphatic heterocycles. The van der Waals surface area contributed by atoms with Crippen LogP contribution in [0.1, 0.15) is 27.2 Å². The molecule has 0 radical (unpaired) electrons. The highest BCUT2D eigenvalue weighted by Gasteiger charge is 2.00. The van der Waals surface area contributed by atoms with Crippen molar-refractivity contribution in [3.05, 3.63) is 0 Å². The fraction of sp³-hybridized carbons (Fsp3) is 1.00. The molecule has 0 aromatic heterocycles. The molecule has 0 aromatic carbocycles. The van der Waals surface area contributed by atoms with Crippen molar-refractivity contribution in [2.75, 3.05) is 11.5 Å². The van der Waals surface area contributed by atoms with E-state index < -0.39 is 0 Å². The smallest absolute Gasteiger partial charge is 0.0628 e. The van der Waals surface area contributed by atoms with Gasteiger partial charge in [0, 0.05) is 5.75 Å². The Bertz CT molecular complexity index is 73.7. The lowest BCUT2D eigenvalue weighted by Crippen LogP contribution is -2.08. The maximum absolute atomic E-state index is 9.15. The van der Waals surface area contributed by atoms with Crippen molar-refractivity contribution in [1.29, 1.82) is 0 Å². The zero-order chi connectivity index (χ0) is 7.98. The van der Waals surface area contributed by atoms with Crippen LogP contribution in [0.2, 0.25) is 0 Å². The van der Waals surface area contributed by atoms with Gasteiger partial charge in [0.25, 0.3) is 0 Å². The fourth-order valence-corrected chi connectivity index (χ4v) is 1.67. The number of hydrogen-bond donors (Lipinski definition) is 1. The van der Waals surface area contributed by atoms with E-state index in [4.69, 9.17) is 5.11 Å². The average Bonchev–Trinajstić information content (AvgIpc) is 1.87.